The zero-order valence-corrected chi connectivity index (χ0v) is 11.8. The van der Waals surface area contributed by atoms with E-state index in [2.05, 4.69) is 9.97 Å². The van der Waals surface area contributed by atoms with Crippen molar-refractivity contribution in [2.75, 3.05) is 17.7 Å². The molecule has 0 aliphatic heterocycles. The highest BCUT2D eigenvalue weighted by molar-refractivity contribution is 6.29. The summed E-state index contributed by atoms with van der Waals surface area (Å²) in [6, 6.07) is 6.47. The molecule has 1 heterocycles. The fourth-order valence-corrected chi connectivity index (χ4v) is 1.96. The second-order valence-electron chi connectivity index (χ2n) is 4.46. The highest BCUT2D eigenvalue weighted by Crippen LogP contribution is 2.29. The number of benzene rings is 1. The number of anilines is 2. The molecule has 8 heteroatoms. The van der Waals surface area contributed by atoms with Gasteiger partial charge in [-0.2, -0.15) is 18.2 Å². The van der Waals surface area contributed by atoms with Crippen LogP contribution in [0.4, 0.5) is 24.9 Å². The lowest BCUT2D eigenvalue weighted by molar-refractivity contribution is -0.137. The topological polar surface area (TPSA) is 55.0 Å². The number of nitrogens with zero attached hydrogens (tertiary/aromatic N) is 3. The standard InChI is InChI=1S/C13H12ClF3N4/c1-21(11-6-10(14)19-12(18)20-11)7-8-2-4-9(5-3-8)13(15,16)17/h2-6H,7H2,1H3,(H2,18,19,20). The van der Waals surface area contributed by atoms with Crippen molar-refractivity contribution in [2.45, 2.75) is 12.7 Å². The number of rotatable bonds is 3. The smallest absolute Gasteiger partial charge is 0.368 e. The lowest BCUT2D eigenvalue weighted by Gasteiger charge is -2.19. The molecule has 0 unspecified atom stereocenters. The Kier molecular flexibility index (Phi) is 4.22. The Morgan fingerprint density at radius 3 is 2.33 bits per heavy atom. The summed E-state index contributed by atoms with van der Waals surface area (Å²) in [5.41, 5.74) is 5.53. The first-order valence-corrected chi connectivity index (χ1v) is 6.31. The fraction of sp³-hybridized carbons (Fsp3) is 0.231. The monoisotopic (exact) mass is 316 g/mol. The second-order valence-corrected chi connectivity index (χ2v) is 4.85. The molecule has 0 radical (unpaired) electrons. The minimum atomic E-state index is -4.33. The van der Waals surface area contributed by atoms with Gasteiger partial charge >= 0.3 is 6.18 Å². The van der Waals surface area contributed by atoms with Crippen molar-refractivity contribution in [3.63, 3.8) is 0 Å². The van der Waals surface area contributed by atoms with E-state index in [4.69, 9.17) is 17.3 Å². The van der Waals surface area contributed by atoms with E-state index in [0.29, 0.717) is 17.9 Å². The molecule has 2 aromatic rings. The molecule has 0 saturated heterocycles. The zero-order valence-electron chi connectivity index (χ0n) is 11.0. The van der Waals surface area contributed by atoms with Gasteiger partial charge in [0.2, 0.25) is 5.95 Å². The van der Waals surface area contributed by atoms with Crippen molar-refractivity contribution >= 4 is 23.4 Å². The third kappa shape index (κ3) is 3.98. The maximum Gasteiger partial charge on any atom is 0.416 e. The number of nitrogens with two attached hydrogens (primary N) is 1. The maximum absolute atomic E-state index is 12.5. The van der Waals surface area contributed by atoms with Gasteiger partial charge in [0, 0.05) is 19.7 Å². The first-order chi connectivity index (χ1) is 9.75. The van der Waals surface area contributed by atoms with Crippen molar-refractivity contribution in [2.24, 2.45) is 0 Å². The normalized spacial score (nSPS) is 11.5. The molecule has 21 heavy (non-hydrogen) atoms. The van der Waals surface area contributed by atoms with Gasteiger partial charge in [0.15, 0.2) is 0 Å². The van der Waals surface area contributed by atoms with Gasteiger partial charge in [0.05, 0.1) is 5.56 Å². The molecule has 1 aromatic carbocycles. The third-order valence-electron chi connectivity index (χ3n) is 2.79. The Balaban J connectivity index is 2.14. The molecule has 0 spiro atoms. The van der Waals surface area contributed by atoms with Crippen molar-refractivity contribution in [1.82, 2.24) is 9.97 Å². The summed E-state index contributed by atoms with van der Waals surface area (Å²) in [6.45, 7) is 0.366. The number of alkyl halides is 3. The number of nitrogen functional groups attached to an aromatic ring is 1. The lowest BCUT2D eigenvalue weighted by Crippen LogP contribution is -2.18. The van der Waals surface area contributed by atoms with Crippen molar-refractivity contribution in [3.05, 3.63) is 46.6 Å². The number of halogens is 4. The Bertz CT molecular complexity index is 608. The van der Waals surface area contributed by atoms with Crippen LogP contribution in [0.1, 0.15) is 11.1 Å². The van der Waals surface area contributed by atoms with Crippen molar-refractivity contribution in [1.29, 1.82) is 0 Å². The minimum absolute atomic E-state index is 0.0387. The van der Waals surface area contributed by atoms with Crippen LogP contribution in [0.25, 0.3) is 0 Å². The summed E-state index contributed by atoms with van der Waals surface area (Å²) in [7, 11) is 1.73. The average Bonchev–Trinajstić information content (AvgIpc) is 2.37. The molecule has 112 valence electrons. The molecular formula is C13H12ClF3N4. The van der Waals surface area contributed by atoms with Crippen LogP contribution in [0.3, 0.4) is 0 Å². The van der Waals surface area contributed by atoms with Gasteiger partial charge in [-0.3, -0.25) is 0 Å². The molecular weight excluding hydrogens is 305 g/mol. The Morgan fingerprint density at radius 1 is 1.19 bits per heavy atom. The average molecular weight is 317 g/mol. The summed E-state index contributed by atoms with van der Waals surface area (Å²) < 4.78 is 37.4. The van der Waals surface area contributed by atoms with Gasteiger partial charge < -0.3 is 10.6 Å². The molecule has 0 aliphatic rings. The van der Waals surface area contributed by atoms with Crippen LogP contribution in [-0.4, -0.2) is 17.0 Å². The molecule has 0 bridgehead atoms. The van der Waals surface area contributed by atoms with E-state index in [1.807, 2.05) is 0 Å². The van der Waals surface area contributed by atoms with Gasteiger partial charge in [-0.15, -0.1) is 0 Å². The number of aromatic nitrogens is 2. The predicted molar refractivity (Wildman–Crippen MR) is 75.0 cm³/mol. The van der Waals surface area contributed by atoms with E-state index in [0.717, 1.165) is 12.1 Å². The summed E-state index contributed by atoms with van der Waals surface area (Å²) in [5.74, 6) is 0.532. The lowest BCUT2D eigenvalue weighted by atomic mass is 10.1. The van der Waals surface area contributed by atoms with Gasteiger partial charge in [-0.05, 0) is 17.7 Å². The van der Waals surface area contributed by atoms with E-state index in [1.54, 1.807) is 11.9 Å². The van der Waals surface area contributed by atoms with Gasteiger partial charge in [0.25, 0.3) is 0 Å². The number of hydrogen-bond donors (Lipinski definition) is 1. The van der Waals surface area contributed by atoms with E-state index in [9.17, 15) is 13.2 Å². The van der Waals surface area contributed by atoms with Gasteiger partial charge in [0.1, 0.15) is 11.0 Å². The van der Waals surface area contributed by atoms with E-state index < -0.39 is 11.7 Å². The molecule has 1 aromatic heterocycles. The highest BCUT2D eigenvalue weighted by atomic mass is 35.5. The molecule has 2 rings (SSSR count). The third-order valence-corrected chi connectivity index (χ3v) is 2.98. The van der Waals surface area contributed by atoms with E-state index in [1.165, 1.54) is 18.2 Å². The first-order valence-electron chi connectivity index (χ1n) is 5.93. The molecule has 4 nitrogen and oxygen atoms in total. The Morgan fingerprint density at radius 2 is 1.81 bits per heavy atom. The van der Waals surface area contributed by atoms with Crippen LogP contribution in [0.5, 0.6) is 0 Å². The molecule has 0 atom stereocenters. The molecule has 0 amide bonds. The van der Waals surface area contributed by atoms with Crippen molar-refractivity contribution < 1.29 is 13.2 Å². The first kappa shape index (κ1) is 15.4. The molecule has 0 fully saturated rings. The number of hydrogen-bond acceptors (Lipinski definition) is 4. The minimum Gasteiger partial charge on any atom is -0.368 e. The Hall–Kier alpha value is -2.02. The van der Waals surface area contributed by atoms with Crippen LogP contribution >= 0.6 is 11.6 Å². The van der Waals surface area contributed by atoms with E-state index >= 15 is 0 Å². The summed E-state index contributed by atoms with van der Waals surface area (Å²) in [6.07, 6.45) is -4.33. The highest BCUT2D eigenvalue weighted by Gasteiger charge is 2.29. The van der Waals surface area contributed by atoms with Crippen LogP contribution in [0.2, 0.25) is 5.15 Å². The zero-order chi connectivity index (χ0) is 15.6. The molecule has 0 saturated carbocycles. The second kappa shape index (κ2) is 5.77. The summed E-state index contributed by atoms with van der Waals surface area (Å²) in [5, 5.41) is 0.205. The summed E-state index contributed by atoms with van der Waals surface area (Å²) >= 11 is 5.79. The summed E-state index contributed by atoms with van der Waals surface area (Å²) in [4.78, 5) is 9.47. The van der Waals surface area contributed by atoms with Gasteiger partial charge in [-0.1, -0.05) is 23.7 Å². The SMILES string of the molecule is CN(Cc1ccc(C(F)(F)F)cc1)c1cc(Cl)nc(N)n1. The van der Waals surface area contributed by atoms with Crippen LogP contribution in [-0.2, 0) is 12.7 Å². The van der Waals surface area contributed by atoms with E-state index in [-0.39, 0.29) is 11.1 Å². The quantitative estimate of drug-likeness (QED) is 0.882. The fourth-order valence-electron chi connectivity index (χ4n) is 1.77. The predicted octanol–water partition coefficient (Wildman–Crippen LogP) is 3.37. The van der Waals surface area contributed by atoms with Gasteiger partial charge in [-0.25, -0.2) is 4.98 Å². The largest absolute Gasteiger partial charge is 0.416 e. The van der Waals surface area contributed by atoms with Crippen LogP contribution < -0.4 is 10.6 Å². The maximum atomic E-state index is 12.5. The Labute approximate surface area is 124 Å². The van der Waals surface area contributed by atoms with Crippen LogP contribution in [0.15, 0.2) is 30.3 Å². The van der Waals surface area contributed by atoms with Crippen molar-refractivity contribution in [3.8, 4) is 0 Å². The molecule has 2 N–H and O–H groups in total. The molecule has 0 aliphatic carbocycles. The van der Waals surface area contributed by atoms with Crippen LogP contribution in [0, 0.1) is 0 Å².